The quantitative estimate of drug-likeness (QED) is 0.926. The summed E-state index contributed by atoms with van der Waals surface area (Å²) in [5.74, 6) is 0.812. The van der Waals surface area contributed by atoms with E-state index in [1.807, 2.05) is 0 Å². The fraction of sp³-hybridized carbons (Fsp3) is 0.167. The van der Waals surface area contributed by atoms with Crippen molar-refractivity contribution >= 4 is 18.3 Å². The molecule has 0 aliphatic rings. The largest absolute Gasteiger partial charge is 0.493 e. The Morgan fingerprint density at radius 2 is 1.95 bits per heavy atom. The van der Waals surface area contributed by atoms with Crippen LogP contribution in [-0.4, -0.2) is 25.1 Å². The number of amides is 1. The number of nitrogens with two attached hydrogens (primary N) is 1. The molecule has 2 N–H and O–H groups in total. The zero-order valence-electron chi connectivity index (χ0n) is 10.4. The van der Waals surface area contributed by atoms with Gasteiger partial charge in [-0.3, -0.25) is 4.79 Å². The number of carbonyl (C=O) groups excluding carboxylic acids is 1. The smallest absolute Gasteiger partial charge is 0.270 e. The van der Waals surface area contributed by atoms with E-state index in [1.165, 1.54) is 13.4 Å². The second-order valence-electron chi connectivity index (χ2n) is 3.47. The fourth-order valence-corrected chi connectivity index (χ4v) is 1.49. The monoisotopic (exact) mass is 284 g/mol. The summed E-state index contributed by atoms with van der Waals surface area (Å²) in [6, 6.07) is 5.18. The van der Waals surface area contributed by atoms with Gasteiger partial charge < -0.3 is 19.6 Å². The molecule has 102 valence electrons. The predicted molar refractivity (Wildman–Crippen MR) is 70.8 cm³/mol. The Balaban J connectivity index is 0.00000180. The predicted octanol–water partition coefficient (Wildman–Crippen LogP) is 1.88. The van der Waals surface area contributed by atoms with Crippen molar-refractivity contribution in [2.24, 2.45) is 5.73 Å². The van der Waals surface area contributed by atoms with Gasteiger partial charge in [-0.2, -0.15) is 0 Å². The first-order valence-corrected chi connectivity index (χ1v) is 5.13. The number of benzene rings is 1. The Morgan fingerprint density at radius 1 is 1.26 bits per heavy atom. The highest BCUT2D eigenvalue weighted by atomic mass is 35.5. The number of nitrogens with zero attached hydrogens (tertiary/aromatic N) is 1. The third kappa shape index (κ3) is 2.97. The molecule has 2 aromatic rings. The van der Waals surface area contributed by atoms with Crippen LogP contribution in [0.2, 0.25) is 0 Å². The molecule has 0 fully saturated rings. The van der Waals surface area contributed by atoms with E-state index in [9.17, 15) is 4.79 Å². The van der Waals surface area contributed by atoms with Crippen LogP contribution in [0.3, 0.4) is 0 Å². The number of hydrogen-bond acceptors (Lipinski definition) is 5. The number of hydrogen-bond donors (Lipinski definition) is 1. The molecular weight excluding hydrogens is 272 g/mol. The molecule has 0 unspecified atom stereocenters. The summed E-state index contributed by atoms with van der Waals surface area (Å²) in [5.41, 5.74) is 5.85. The maximum absolute atomic E-state index is 10.9. The van der Waals surface area contributed by atoms with Crippen LogP contribution < -0.4 is 15.2 Å². The summed E-state index contributed by atoms with van der Waals surface area (Å²) in [6.45, 7) is 0. The molecule has 1 heterocycles. The first-order valence-electron chi connectivity index (χ1n) is 5.13. The molecule has 7 heteroatoms. The molecule has 0 saturated carbocycles. The molecule has 0 radical (unpaired) electrons. The zero-order chi connectivity index (χ0) is 13.1. The molecule has 1 amide bonds. The highest BCUT2D eigenvalue weighted by Gasteiger charge is 2.12. The van der Waals surface area contributed by atoms with Crippen LogP contribution in [0.15, 0.2) is 28.9 Å². The average molecular weight is 285 g/mol. The lowest BCUT2D eigenvalue weighted by molar-refractivity contribution is 0.0995. The van der Waals surface area contributed by atoms with E-state index in [0.29, 0.717) is 23.0 Å². The highest BCUT2D eigenvalue weighted by molar-refractivity contribution is 5.90. The van der Waals surface area contributed by atoms with Crippen molar-refractivity contribution in [1.29, 1.82) is 0 Å². The Labute approximate surface area is 115 Å². The first kappa shape index (κ1) is 14.8. The molecule has 0 atom stereocenters. The van der Waals surface area contributed by atoms with Gasteiger partial charge in [0.05, 0.1) is 14.2 Å². The van der Waals surface area contributed by atoms with Crippen molar-refractivity contribution in [3.05, 3.63) is 30.2 Å². The minimum absolute atomic E-state index is 0. The lowest BCUT2D eigenvalue weighted by Crippen LogP contribution is -2.10. The van der Waals surface area contributed by atoms with Gasteiger partial charge in [0.2, 0.25) is 5.89 Å². The van der Waals surface area contributed by atoms with Gasteiger partial charge in [0, 0.05) is 5.56 Å². The van der Waals surface area contributed by atoms with Crippen LogP contribution in [0.5, 0.6) is 11.5 Å². The van der Waals surface area contributed by atoms with Crippen LogP contribution in [0.4, 0.5) is 0 Å². The number of halogens is 1. The number of ether oxygens (including phenoxy) is 2. The summed E-state index contributed by atoms with van der Waals surface area (Å²) in [5, 5.41) is 0. The Bertz CT molecular complexity index is 583. The van der Waals surface area contributed by atoms with Gasteiger partial charge in [-0.15, -0.1) is 12.4 Å². The molecule has 1 aromatic carbocycles. The second-order valence-corrected chi connectivity index (χ2v) is 3.47. The molecule has 0 spiro atoms. The molecule has 0 saturated heterocycles. The fourth-order valence-electron chi connectivity index (χ4n) is 1.49. The first-order chi connectivity index (χ1) is 8.65. The summed E-state index contributed by atoms with van der Waals surface area (Å²) in [7, 11) is 3.08. The Kier molecular flexibility index (Phi) is 4.77. The number of oxazole rings is 1. The SMILES string of the molecule is COc1ccc(-c2nc(C(N)=O)co2)cc1OC.Cl. The van der Waals surface area contributed by atoms with E-state index in [2.05, 4.69) is 4.98 Å². The van der Waals surface area contributed by atoms with Gasteiger partial charge in [0.25, 0.3) is 5.91 Å². The number of carbonyl (C=O) groups is 1. The molecule has 0 aliphatic carbocycles. The maximum Gasteiger partial charge on any atom is 0.270 e. The molecule has 1 aromatic heterocycles. The summed E-state index contributed by atoms with van der Waals surface area (Å²) < 4.78 is 15.5. The third-order valence-corrected chi connectivity index (χ3v) is 2.39. The maximum atomic E-state index is 10.9. The number of aromatic nitrogens is 1. The van der Waals surface area contributed by atoms with Crippen LogP contribution in [-0.2, 0) is 0 Å². The van der Waals surface area contributed by atoms with Crippen molar-refractivity contribution < 1.29 is 18.7 Å². The standard InChI is InChI=1S/C12H12N2O4.ClH/c1-16-9-4-3-7(5-10(9)17-2)12-14-8(6-18-12)11(13)15;/h3-6H,1-2H3,(H2,13,15);1H. The van der Waals surface area contributed by atoms with Crippen molar-refractivity contribution in [2.75, 3.05) is 14.2 Å². The molecule has 2 rings (SSSR count). The van der Waals surface area contributed by atoms with Crippen LogP contribution in [0.25, 0.3) is 11.5 Å². The van der Waals surface area contributed by atoms with Gasteiger partial charge in [0.1, 0.15) is 6.26 Å². The van der Waals surface area contributed by atoms with E-state index in [4.69, 9.17) is 19.6 Å². The van der Waals surface area contributed by atoms with E-state index >= 15 is 0 Å². The molecular formula is C12H13ClN2O4. The van der Waals surface area contributed by atoms with E-state index in [1.54, 1.807) is 25.3 Å². The molecule has 19 heavy (non-hydrogen) atoms. The van der Waals surface area contributed by atoms with Gasteiger partial charge in [-0.1, -0.05) is 0 Å². The summed E-state index contributed by atoms with van der Waals surface area (Å²) >= 11 is 0. The van der Waals surface area contributed by atoms with Crippen molar-refractivity contribution in [2.45, 2.75) is 0 Å². The van der Waals surface area contributed by atoms with Crippen molar-refractivity contribution in [3.63, 3.8) is 0 Å². The number of primary amides is 1. The zero-order valence-corrected chi connectivity index (χ0v) is 11.2. The molecule has 0 aliphatic heterocycles. The van der Waals surface area contributed by atoms with Crippen LogP contribution >= 0.6 is 12.4 Å². The Hall–Kier alpha value is -2.21. The second kappa shape index (κ2) is 6.10. The molecule has 0 bridgehead atoms. The lowest BCUT2D eigenvalue weighted by Gasteiger charge is -2.07. The van der Waals surface area contributed by atoms with E-state index < -0.39 is 5.91 Å². The van der Waals surface area contributed by atoms with Gasteiger partial charge in [-0.25, -0.2) is 4.98 Å². The lowest BCUT2D eigenvalue weighted by atomic mass is 10.2. The van der Waals surface area contributed by atoms with Crippen LogP contribution in [0.1, 0.15) is 10.5 Å². The summed E-state index contributed by atoms with van der Waals surface area (Å²) in [4.78, 5) is 14.9. The number of rotatable bonds is 4. The molecule has 6 nitrogen and oxygen atoms in total. The third-order valence-electron chi connectivity index (χ3n) is 2.39. The van der Waals surface area contributed by atoms with Crippen molar-refractivity contribution in [3.8, 4) is 23.0 Å². The van der Waals surface area contributed by atoms with Gasteiger partial charge in [-0.05, 0) is 18.2 Å². The normalized spacial score (nSPS) is 9.58. The topological polar surface area (TPSA) is 87.6 Å². The number of methoxy groups -OCH3 is 2. The van der Waals surface area contributed by atoms with E-state index in [0.717, 1.165) is 0 Å². The van der Waals surface area contributed by atoms with Gasteiger partial charge >= 0.3 is 0 Å². The Morgan fingerprint density at radius 3 is 2.47 bits per heavy atom. The minimum Gasteiger partial charge on any atom is -0.493 e. The van der Waals surface area contributed by atoms with Gasteiger partial charge in [0.15, 0.2) is 17.2 Å². The summed E-state index contributed by atoms with van der Waals surface area (Å²) in [6.07, 6.45) is 1.22. The van der Waals surface area contributed by atoms with Crippen LogP contribution in [0, 0.1) is 0 Å². The minimum atomic E-state index is -0.634. The highest BCUT2D eigenvalue weighted by Crippen LogP contribution is 2.31. The average Bonchev–Trinajstić information content (AvgIpc) is 2.87. The van der Waals surface area contributed by atoms with Crippen molar-refractivity contribution in [1.82, 2.24) is 4.98 Å². The van der Waals surface area contributed by atoms with E-state index in [-0.39, 0.29) is 18.1 Å².